The molecule has 1 unspecified atom stereocenters. The van der Waals surface area contributed by atoms with Crippen molar-refractivity contribution in [2.24, 2.45) is 11.3 Å². The lowest BCUT2D eigenvalue weighted by Gasteiger charge is -2.29. The molecule has 1 aliphatic carbocycles. The van der Waals surface area contributed by atoms with E-state index >= 15 is 0 Å². The van der Waals surface area contributed by atoms with Crippen molar-refractivity contribution in [2.45, 2.75) is 40.0 Å². The predicted octanol–water partition coefficient (Wildman–Crippen LogP) is 4.61. The van der Waals surface area contributed by atoms with Crippen molar-refractivity contribution in [1.29, 1.82) is 0 Å². The average Bonchev–Trinajstić information content (AvgIpc) is 2.75. The van der Waals surface area contributed by atoms with Crippen LogP contribution in [0.15, 0.2) is 18.2 Å². The molecule has 0 aromatic heterocycles. The Balaban J connectivity index is 1.98. The van der Waals surface area contributed by atoms with Gasteiger partial charge >= 0.3 is 0 Å². The van der Waals surface area contributed by atoms with E-state index in [1.165, 1.54) is 30.4 Å². The number of halogens is 1. The highest BCUT2D eigenvalue weighted by Crippen LogP contribution is 2.30. The fraction of sp³-hybridized carbons (Fsp3) is 0.625. The van der Waals surface area contributed by atoms with E-state index < -0.39 is 0 Å². The molecule has 1 aliphatic rings. The van der Waals surface area contributed by atoms with Crippen LogP contribution in [0.1, 0.15) is 38.3 Å². The molecule has 0 bridgehead atoms. The first-order valence-electron chi connectivity index (χ1n) is 6.81. The van der Waals surface area contributed by atoms with Gasteiger partial charge < -0.3 is 4.74 Å². The summed E-state index contributed by atoms with van der Waals surface area (Å²) in [4.78, 5) is 0. The molecule has 1 atom stereocenters. The number of benzene rings is 1. The second-order valence-electron chi connectivity index (χ2n) is 6.31. The summed E-state index contributed by atoms with van der Waals surface area (Å²) in [6.45, 7) is 7.59. The maximum Gasteiger partial charge on any atom is 0.119 e. The smallest absolute Gasteiger partial charge is 0.119 e. The molecule has 0 heterocycles. The average molecular weight is 311 g/mol. The molecule has 0 amide bonds. The maximum absolute atomic E-state index is 5.98. The Bertz CT molecular complexity index is 406. The van der Waals surface area contributed by atoms with Gasteiger partial charge in [0.25, 0.3) is 0 Å². The SMILES string of the molecule is CC(C)(C)C(CBr)COc1ccc2c(c1)CCC2. The minimum absolute atomic E-state index is 0.278. The summed E-state index contributed by atoms with van der Waals surface area (Å²) in [5.41, 5.74) is 3.27. The van der Waals surface area contributed by atoms with Crippen LogP contribution in [0, 0.1) is 11.3 Å². The van der Waals surface area contributed by atoms with E-state index in [1.807, 2.05) is 0 Å². The zero-order chi connectivity index (χ0) is 13.2. The molecule has 0 spiro atoms. The van der Waals surface area contributed by atoms with Gasteiger partial charge in [0.15, 0.2) is 0 Å². The van der Waals surface area contributed by atoms with Gasteiger partial charge in [0, 0.05) is 11.2 Å². The van der Waals surface area contributed by atoms with Crippen LogP contribution in [0.5, 0.6) is 5.75 Å². The minimum Gasteiger partial charge on any atom is -0.493 e. The molecule has 0 aliphatic heterocycles. The number of alkyl halides is 1. The van der Waals surface area contributed by atoms with Gasteiger partial charge in [-0.2, -0.15) is 0 Å². The standard InChI is InChI=1S/C16H23BrO/c1-16(2,3)14(10-17)11-18-15-8-7-12-5-4-6-13(12)9-15/h7-9,14H,4-6,10-11H2,1-3H3. The molecule has 1 nitrogen and oxygen atoms in total. The second kappa shape index (κ2) is 5.64. The number of ether oxygens (including phenoxy) is 1. The van der Waals surface area contributed by atoms with E-state index in [9.17, 15) is 0 Å². The lowest BCUT2D eigenvalue weighted by Crippen LogP contribution is -2.27. The zero-order valence-electron chi connectivity index (χ0n) is 11.6. The van der Waals surface area contributed by atoms with Crippen molar-refractivity contribution in [3.05, 3.63) is 29.3 Å². The van der Waals surface area contributed by atoms with Gasteiger partial charge in [0.2, 0.25) is 0 Å². The largest absolute Gasteiger partial charge is 0.493 e. The van der Waals surface area contributed by atoms with E-state index in [4.69, 9.17) is 4.74 Å². The van der Waals surface area contributed by atoms with Gasteiger partial charge in [-0.3, -0.25) is 0 Å². The highest BCUT2D eigenvalue weighted by Gasteiger charge is 2.24. The molecule has 18 heavy (non-hydrogen) atoms. The van der Waals surface area contributed by atoms with Crippen molar-refractivity contribution in [2.75, 3.05) is 11.9 Å². The van der Waals surface area contributed by atoms with Crippen LogP contribution in [0.25, 0.3) is 0 Å². The van der Waals surface area contributed by atoms with E-state index in [0.717, 1.165) is 17.7 Å². The Morgan fingerprint density at radius 1 is 1.22 bits per heavy atom. The fourth-order valence-electron chi connectivity index (χ4n) is 2.36. The van der Waals surface area contributed by atoms with Crippen LogP contribution < -0.4 is 4.74 Å². The number of hydrogen-bond donors (Lipinski definition) is 0. The van der Waals surface area contributed by atoms with Gasteiger partial charge in [-0.15, -0.1) is 0 Å². The Morgan fingerprint density at radius 3 is 2.61 bits per heavy atom. The molecule has 0 radical (unpaired) electrons. The molecular formula is C16H23BrO. The van der Waals surface area contributed by atoms with Crippen LogP contribution in [-0.2, 0) is 12.8 Å². The van der Waals surface area contributed by atoms with Crippen LogP contribution in [-0.4, -0.2) is 11.9 Å². The van der Waals surface area contributed by atoms with Crippen molar-refractivity contribution in [3.8, 4) is 5.75 Å². The van der Waals surface area contributed by atoms with Gasteiger partial charge in [-0.05, 0) is 47.9 Å². The summed E-state index contributed by atoms with van der Waals surface area (Å²) >= 11 is 3.59. The molecule has 0 N–H and O–H groups in total. The molecule has 0 fully saturated rings. The summed E-state index contributed by atoms with van der Waals surface area (Å²) in [6.07, 6.45) is 3.75. The molecule has 100 valence electrons. The summed E-state index contributed by atoms with van der Waals surface area (Å²) in [5, 5.41) is 0.988. The Kier molecular flexibility index (Phi) is 4.37. The van der Waals surface area contributed by atoms with Gasteiger partial charge in [0.05, 0.1) is 6.61 Å². The predicted molar refractivity (Wildman–Crippen MR) is 80.7 cm³/mol. The van der Waals surface area contributed by atoms with E-state index in [-0.39, 0.29) is 5.41 Å². The van der Waals surface area contributed by atoms with Crippen LogP contribution in [0.3, 0.4) is 0 Å². The quantitative estimate of drug-likeness (QED) is 0.738. The van der Waals surface area contributed by atoms with Gasteiger partial charge in [-0.25, -0.2) is 0 Å². The van der Waals surface area contributed by atoms with Crippen LogP contribution >= 0.6 is 15.9 Å². The monoisotopic (exact) mass is 310 g/mol. The number of rotatable bonds is 4. The minimum atomic E-state index is 0.278. The lowest BCUT2D eigenvalue weighted by molar-refractivity contribution is 0.166. The molecule has 0 saturated heterocycles. The Morgan fingerprint density at radius 2 is 1.94 bits per heavy atom. The van der Waals surface area contributed by atoms with Gasteiger partial charge in [-0.1, -0.05) is 42.8 Å². The molecule has 2 rings (SSSR count). The Labute approximate surface area is 119 Å². The third-order valence-electron chi connectivity index (χ3n) is 3.93. The summed E-state index contributed by atoms with van der Waals surface area (Å²) in [5.74, 6) is 1.57. The first-order chi connectivity index (χ1) is 8.50. The number of aryl methyl sites for hydroxylation is 2. The van der Waals surface area contributed by atoms with Crippen LogP contribution in [0.4, 0.5) is 0 Å². The third kappa shape index (κ3) is 3.28. The highest BCUT2D eigenvalue weighted by molar-refractivity contribution is 9.09. The van der Waals surface area contributed by atoms with Crippen molar-refractivity contribution < 1.29 is 4.74 Å². The topological polar surface area (TPSA) is 9.23 Å². The molecular weight excluding hydrogens is 288 g/mol. The molecule has 2 heteroatoms. The van der Waals surface area contributed by atoms with E-state index in [2.05, 4.69) is 54.9 Å². The van der Waals surface area contributed by atoms with Crippen molar-refractivity contribution >= 4 is 15.9 Å². The summed E-state index contributed by atoms with van der Waals surface area (Å²) < 4.78 is 5.98. The summed E-state index contributed by atoms with van der Waals surface area (Å²) in [6, 6.07) is 6.59. The lowest BCUT2D eigenvalue weighted by atomic mass is 9.83. The normalized spacial score (nSPS) is 16.4. The fourth-order valence-corrected chi connectivity index (χ4v) is 3.52. The Hall–Kier alpha value is -0.500. The first kappa shape index (κ1) is 13.9. The first-order valence-corrected chi connectivity index (χ1v) is 7.93. The maximum atomic E-state index is 5.98. The number of fused-ring (bicyclic) bond motifs is 1. The molecule has 0 saturated carbocycles. The third-order valence-corrected chi connectivity index (χ3v) is 4.71. The number of hydrogen-bond acceptors (Lipinski definition) is 1. The van der Waals surface area contributed by atoms with Gasteiger partial charge in [0.1, 0.15) is 5.75 Å². The summed E-state index contributed by atoms with van der Waals surface area (Å²) in [7, 11) is 0. The van der Waals surface area contributed by atoms with Crippen LogP contribution in [0.2, 0.25) is 0 Å². The molecule has 1 aromatic rings. The van der Waals surface area contributed by atoms with E-state index in [0.29, 0.717) is 5.92 Å². The molecule has 1 aromatic carbocycles. The second-order valence-corrected chi connectivity index (χ2v) is 6.96. The van der Waals surface area contributed by atoms with Crippen molar-refractivity contribution in [3.63, 3.8) is 0 Å². The van der Waals surface area contributed by atoms with Crippen molar-refractivity contribution in [1.82, 2.24) is 0 Å². The van der Waals surface area contributed by atoms with E-state index in [1.54, 1.807) is 0 Å². The zero-order valence-corrected chi connectivity index (χ0v) is 13.2. The highest BCUT2D eigenvalue weighted by atomic mass is 79.9.